The lowest BCUT2D eigenvalue weighted by molar-refractivity contribution is -0.137. The zero-order valence-corrected chi connectivity index (χ0v) is 6.66. The lowest BCUT2D eigenvalue weighted by Gasteiger charge is -2.01. The van der Waals surface area contributed by atoms with Gasteiger partial charge in [-0.3, -0.25) is 4.79 Å². The normalized spacial score (nSPS) is 11.5. The van der Waals surface area contributed by atoms with Crippen LogP contribution in [0.2, 0.25) is 0 Å². The van der Waals surface area contributed by atoms with Gasteiger partial charge >= 0.3 is 12.4 Å². The van der Waals surface area contributed by atoms with Crippen molar-refractivity contribution in [2.75, 3.05) is 6.61 Å². The van der Waals surface area contributed by atoms with Crippen molar-refractivity contribution in [2.24, 2.45) is 5.16 Å². The van der Waals surface area contributed by atoms with Crippen molar-refractivity contribution in [3.05, 3.63) is 0 Å². The Morgan fingerprint density at radius 3 is 2.38 bits per heavy atom. The molecule has 13 heavy (non-hydrogen) atoms. The van der Waals surface area contributed by atoms with Crippen LogP contribution in [0, 0.1) is 0 Å². The van der Waals surface area contributed by atoms with Crippen molar-refractivity contribution in [1.82, 2.24) is 0 Å². The summed E-state index contributed by atoms with van der Waals surface area (Å²) in [5.74, 6) is -3.23. The molecule has 74 valence electrons. The number of halogens is 2. The van der Waals surface area contributed by atoms with Crippen LogP contribution in [0.4, 0.5) is 8.78 Å². The summed E-state index contributed by atoms with van der Waals surface area (Å²) in [4.78, 5) is 21.1. The van der Waals surface area contributed by atoms with Gasteiger partial charge in [0.15, 0.2) is 0 Å². The van der Waals surface area contributed by atoms with Crippen LogP contribution >= 0.6 is 0 Å². The van der Waals surface area contributed by atoms with Crippen LogP contribution in [0.15, 0.2) is 5.16 Å². The van der Waals surface area contributed by atoms with E-state index in [0.717, 1.165) is 0 Å². The summed E-state index contributed by atoms with van der Waals surface area (Å²) >= 11 is 0. The molecule has 0 spiro atoms. The molecule has 0 saturated heterocycles. The van der Waals surface area contributed by atoms with Gasteiger partial charge in [0.1, 0.15) is 0 Å². The predicted molar refractivity (Wildman–Crippen MR) is 36.9 cm³/mol. The molecule has 0 aromatic heterocycles. The van der Waals surface area contributed by atoms with Gasteiger partial charge in [-0.25, -0.2) is 13.6 Å². The molecular weight excluding hydrogens is 188 g/mol. The van der Waals surface area contributed by atoms with Crippen LogP contribution in [0.1, 0.15) is 6.92 Å². The van der Waals surface area contributed by atoms with Crippen LogP contribution in [-0.4, -0.2) is 35.7 Å². The summed E-state index contributed by atoms with van der Waals surface area (Å²) in [6.45, 7) is 1.31. The third-order valence-electron chi connectivity index (χ3n) is 1.00. The zero-order valence-electron chi connectivity index (χ0n) is 6.66. The Morgan fingerprint density at radius 2 is 2.08 bits per heavy atom. The van der Waals surface area contributed by atoms with Gasteiger partial charge in [-0.05, 0) is 6.92 Å². The smallest absolute Gasteiger partial charge is 0.364 e. The zero-order chi connectivity index (χ0) is 10.4. The fourth-order valence-corrected chi connectivity index (χ4v) is 0.494. The fraction of sp³-hybridized carbons (Fsp3) is 0.500. The van der Waals surface area contributed by atoms with Crippen molar-refractivity contribution in [2.45, 2.75) is 13.3 Å². The first-order valence-electron chi connectivity index (χ1n) is 3.26. The van der Waals surface area contributed by atoms with Crippen LogP contribution < -0.4 is 0 Å². The van der Waals surface area contributed by atoms with Crippen molar-refractivity contribution >= 4 is 17.5 Å². The number of oxime groups is 1. The van der Waals surface area contributed by atoms with Gasteiger partial charge in [0.25, 0.3) is 5.78 Å². The highest BCUT2D eigenvalue weighted by Crippen LogP contribution is 1.98. The molecule has 0 bridgehead atoms. The number of rotatable bonds is 4. The average Bonchev–Trinajstić information content (AvgIpc) is 2.05. The molecule has 0 fully saturated rings. The second-order valence-corrected chi connectivity index (χ2v) is 1.83. The number of nitrogens with zero attached hydrogens (tertiary/aromatic N) is 1. The van der Waals surface area contributed by atoms with Gasteiger partial charge in [0.05, 0.1) is 6.61 Å². The first kappa shape index (κ1) is 11.5. The molecule has 0 aliphatic heterocycles. The molecule has 0 unspecified atom stereocenters. The van der Waals surface area contributed by atoms with Crippen molar-refractivity contribution in [3.8, 4) is 0 Å². The van der Waals surface area contributed by atoms with Crippen molar-refractivity contribution < 1.29 is 28.3 Å². The van der Waals surface area contributed by atoms with E-state index in [9.17, 15) is 18.4 Å². The largest absolute Gasteiger partial charge is 0.461 e. The van der Waals surface area contributed by atoms with Crippen LogP contribution in [0.3, 0.4) is 0 Å². The molecular formula is C6H7F2NO4. The third kappa shape index (κ3) is 3.14. The van der Waals surface area contributed by atoms with E-state index in [-0.39, 0.29) is 6.61 Å². The highest BCUT2D eigenvalue weighted by molar-refractivity contribution is 6.64. The Morgan fingerprint density at radius 1 is 1.54 bits per heavy atom. The van der Waals surface area contributed by atoms with Gasteiger partial charge in [0, 0.05) is 0 Å². The fourth-order valence-electron chi connectivity index (χ4n) is 0.494. The summed E-state index contributed by atoms with van der Waals surface area (Å²) in [6.07, 6.45) is -3.39. The maximum absolute atomic E-state index is 11.7. The number of hydrogen-bond donors (Lipinski definition) is 1. The number of ether oxygens (including phenoxy) is 1. The van der Waals surface area contributed by atoms with Crippen LogP contribution in [-0.2, 0) is 14.3 Å². The number of alkyl halides is 2. The minimum Gasteiger partial charge on any atom is -0.461 e. The Labute approximate surface area is 72.0 Å². The summed E-state index contributed by atoms with van der Waals surface area (Å²) in [6, 6.07) is 0. The third-order valence-corrected chi connectivity index (χ3v) is 1.00. The maximum atomic E-state index is 11.7. The van der Waals surface area contributed by atoms with E-state index in [4.69, 9.17) is 5.21 Å². The summed E-state index contributed by atoms with van der Waals surface area (Å²) in [7, 11) is 0. The Kier molecular flexibility index (Phi) is 4.57. The number of Topliss-reactive ketones (excluding diaryl/α,β-unsaturated/α-hetero) is 1. The first-order valence-corrected chi connectivity index (χ1v) is 3.26. The average molecular weight is 195 g/mol. The molecule has 0 aromatic carbocycles. The summed E-state index contributed by atoms with van der Waals surface area (Å²) in [5.41, 5.74) is -1.29. The Bertz CT molecular complexity index is 239. The van der Waals surface area contributed by atoms with Gasteiger partial charge in [-0.1, -0.05) is 5.16 Å². The number of esters is 1. The molecule has 0 rings (SSSR count). The van der Waals surface area contributed by atoms with Crippen LogP contribution in [0.5, 0.6) is 0 Å². The van der Waals surface area contributed by atoms with Gasteiger partial charge in [-0.2, -0.15) is 0 Å². The monoisotopic (exact) mass is 195 g/mol. The first-order chi connectivity index (χ1) is 6.04. The number of ketones is 1. The molecule has 1 N–H and O–H groups in total. The predicted octanol–water partition coefficient (Wildman–Crippen LogP) is 0.214. The minimum atomic E-state index is -3.39. The van der Waals surface area contributed by atoms with E-state index in [1.165, 1.54) is 6.92 Å². The minimum absolute atomic E-state index is 0.103. The second kappa shape index (κ2) is 5.18. The van der Waals surface area contributed by atoms with E-state index >= 15 is 0 Å². The van der Waals surface area contributed by atoms with Gasteiger partial charge in [0.2, 0.25) is 5.71 Å². The summed E-state index contributed by atoms with van der Waals surface area (Å²) in [5, 5.41) is 10.2. The lowest BCUT2D eigenvalue weighted by Crippen LogP contribution is -2.31. The topological polar surface area (TPSA) is 76.0 Å². The maximum Gasteiger partial charge on any atom is 0.364 e. The van der Waals surface area contributed by atoms with E-state index in [2.05, 4.69) is 9.89 Å². The van der Waals surface area contributed by atoms with Gasteiger partial charge < -0.3 is 9.94 Å². The molecule has 0 aliphatic rings. The van der Waals surface area contributed by atoms with E-state index < -0.39 is 23.9 Å². The summed E-state index contributed by atoms with van der Waals surface area (Å²) < 4.78 is 27.6. The Balaban J connectivity index is 4.54. The van der Waals surface area contributed by atoms with Crippen LogP contribution in [0.25, 0.3) is 0 Å². The molecule has 0 aliphatic carbocycles. The SMILES string of the molecule is CCOC(=O)/C(=N\O)C(=O)C(F)F. The molecule has 0 radical (unpaired) electrons. The van der Waals surface area contributed by atoms with Crippen molar-refractivity contribution in [3.63, 3.8) is 0 Å². The van der Waals surface area contributed by atoms with E-state index in [1.807, 2.05) is 0 Å². The molecule has 5 nitrogen and oxygen atoms in total. The lowest BCUT2D eigenvalue weighted by atomic mass is 10.2. The van der Waals surface area contributed by atoms with Crippen molar-refractivity contribution in [1.29, 1.82) is 0 Å². The molecule has 0 atom stereocenters. The molecule has 0 amide bonds. The Hall–Kier alpha value is -1.53. The van der Waals surface area contributed by atoms with E-state index in [0.29, 0.717) is 0 Å². The van der Waals surface area contributed by atoms with E-state index in [1.54, 1.807) is 0 Å². The second-order valence-electron chi connectivity index (χ2n) is 1.83. The number of carbonyl (C=O) groups is 2. The standard InChI is InChI=1S/C6H7F2NO4/c1-2-13-6(11)3(9-12)4(10)5(7)8/h5,12H,2H2,1H3/b9-3-. The molecule has 0 aromatic rings. The quantitative estimate of drug-likeness (QED) is 0.229. The molecule has 0 heterocycles. The number of hydrogen-bond acceptors (Lipinski definition) is 5. The van der Waals surface area contributed by atoms with Gasteiger partial charge in [-0.15, -0.1) is 0 Å². The molecule has 7 heteroatoms. The highest BCUT2D eigenvalue weighted by atomic mass is 19.3. The highest BCUT2D eigenvalue weighted by Gasteiger charge is 2.29. The molecule has 0 saturated carbocycles. The number of carbonyl (C=O) groups excluding carboxylic acids is 2.